The second-order valence-electron chi connectivity index (χ2n) is 7.17. The number of carbonyl (C=O) groups is 3. The van der Waals surface area contributed by atoms with Crippen LogP contribution in [-0.4, -0.2) is 61.6 Å². The smallest absolute Gasteiger partial charge is 0.337 e. The lowest BCUT2D eigenvalue weighted by atomic mass is 10.1. The first-order valence-corrected chi connectivity index (χ1v) is 10.5. The van der Waals surface area contributed by atoms with E-state index in [9.17, 15) is 14.4 Å². The fourth-order valence-corrected chi connectivity index (χ4v) is 3.80. The Bertz CT molecular complexity index is 1010. The maximum absolute atomic E-state index is 13.2. The average Bonchev–Trinajstić information content (AvgIpc) is 3.12. The van der Waals surface area contributed by atoms with Crippen LogP contribution in [0.2, 0.25) is 0 Å². The summed E-state index contributed by atoms with van der Waals surface area (Å²) in [6.45, 7) is 0.463. The summed E-state index contributed by atoms with van der Waals surface area (Å²) in [7, 11) is 4.59. The van der Waals surface area contributed by atoms with Crippen molar-refractivity contribution < 1.29 is 23.9 Å². The fourth-order valence-electron chi connectivity index (χ4n) is 3.58. The van der Waals surface area contributed by atoms with Crippen molar-refractivity contribution >= 4 is 40.8 Å². The Balaban J connectivity index is 1.77. The van der Waals surface area contributed by atoms with Gasteiger partial charge in [-0.2, -0.15) is 0 Å². The molecule has 3 rings (SSSR count). The Kier molecular flexibility index (Phi) is 7.42. The van der Waals surface area contributed by atoms with Gasteiger partial charge in [0.15, 0.2) is 5.11 Å². The van der Waals surface area contributed by atoms with Gasteiger partial charge in [-0.1, -0.05) is 12.1 Å². The van der Waals surface area contributed by atoms with Crippen molar-refractivity contribution in [1.29, 1.82) is 0 Å². The molecule has 1 N–H and O–H groups in total. The number of hydrogen-bond acceptors (Lipinski definition) is 6. The molecule has 2 aromatic carbocycles. The van der Waals surface area contributed by atoms with Crippen molar-refractivity contribution in [2.24, 2.45) is 0 Å². The maximum Gasteiger partial charge on any atom is 0.337 e. The van der Waals surface area contributed by atoms with Crippen LogP contribution in [0.1, 0.15) is 22.3 Å². The summed E-state index contributed by atoms with van der Waals surface area (Å²) < 4.78 is 9.87. The summed E-state index contributed by atoms with van der Waals surface area (Å²) >= 11 is 5.44. The van der Waals surface area contributed by atoms with Gasteiger partial charge in [0.1, 0.15) is 11.8 Å². The van der Waals surface area contributed by atoms with Crippen LogP contribution in [0.3, 0.4) is 0 Å². The standard InChI is InChI=1S/C23H25N3O5S/c1-24-23(32)25(13-12-15-4-10-18(30-2)11-5-15)19-14-20(27)26(21(19)28)17-8-6-16(7-9-17)22(29)31-3/h4-11,19H,12-14H2,1-3H3,(H,24,32). The number of esters is 1. The molecule has 0 radical (unpaired) electrons. The molecule has 0 bridgehead atoms. The normalized spacial score (nSPS) is 15.5. The Hall–Kier alpha value is -3.46. The lowest BCUT2D eigenvalue weighted by Gasteiger charge is -2.29. The molecular formula is C23H25N3O5S. The van der Waals surface area contributed by atoms with E-state index in [0.29, 0.717) is 29.3 Å². The molecule has 168 valence electrons. The molecular weight excluding hydrogens is 430 g/mol. The van der Waals surface area contributed by atoms with Crippen molar-refractivity contribution in [2.75, 3.05) is 32.7 Å². The van der Waals surface area contributed by atoms with Crippen LogP contribution < -0.4 is 15.0 Å². The number of carbonyl (C=O) groups excluding carboxylic acids is 3. The van der Waals surface area contributed by atoms with Gasteiger partial charge in [-0.15, -0.1) is 0 Å². The van der Waals surface area contributed by atoms with Crippen molar-refractivity contribution in [1.82, 2.24) is 10.2 Å². The van der Waals surface area contributed by atoms with Crippen LogP contribution in [0.4, 0.5) is 5.69 Å². The van der Waals surface area contributed by atoms with Crippen molar-refractivity contribution in [2.45, 2.75) is 18.9 Å². The molecule has 1 atom stereocenters. The van der Waals surface area contributed by atoms with Crippen molar-refractivity contribution in [3.05, 3.63) is 59.7 Å². The average molecular weight is 456 g/mol. The number of benzene rings is 2. The Morgan fingerprint density at radius 3 is 2.34 bits per heavy atom. The predicted octanol–water partition coefficient (Wildman–Crippen LogP) is 2.16. The summed E-state index contributed by atoms with van der Waals surface area (Å²) in [5, 5.41) is 3.31. The van der Waals surface area contributed by atoms with Crippen LogP contribution in [0.5, 0.6) is 5.75 Å². The van der Waals surface area contributed by atoms with Crippen LogP contribution in [0, 0.1) is 0 Å². The van der Waals surface area contributed by atoms with Crippen molar-refractivity contribution in [3.8, 4) is 5.75 Å². The van der Waals surface area contributed by atoms with E-state index in [0.717, 1.165) is 16.2 Å². The van der Waals surface area contributed by atoms with Crippen molar-refractivity contribution in [3.63, 3.8) is 0 Å². The largest absolute Gasteiger partial charge is 0.497 e. The summed E-state index contributed by atoms with van der Waals surface area (Å²) in [5.74, 6) is -0.397. The summed E-state index contributed by atoms with van der Waals surface area (Å²) in [6, 6.07) is 13.1. The molecule has 1 fully saturated rings. The summed E-state index contributed by atoms with van der Waals surface area (Å²) in [6.07, 6.45) is 0.652. The van der Waals surface area contributed by atoms with E-state index < -0.39 is 12.0 Å². The highest BCUT2D eigenvalue weighted by Gasteiger charge is 2.43. The number of hydrogen-bond donors (Lipinski definition) is 1. The highest BCUT2D eigenvalue weighted by Crippen LogP contribution is 2.26. The number of rotatable bonds is 7. The fraction of sp³-hybridized carbons (Fsp3) is 0.304. The number of nitrogens with one attached hydrogen (secondary N) is 1. The quantitative estimate of drug-likeness (QED) is 0.386. The monoisotopic (exact) mass is 455 g/mol. The summed E-state index contributed by atoms with van der Waals surface area (Å²) in [4.78, 5) is 40.5. The maximum atomic E-state index is 13.2. The van der Waals surface area contributed by atoms with E-state index in [4.69, 9.17) is 17.0 Å². The molecule has 32 heavy (non-hydrogen) atoms. The highest BCUT2D eigenvalue weighted by atomic mass is 32.1. The first kappa shape index (κ1) is 23.2. The predicted molar refractivity (Wildman–Crippen MR) is 124 cm³/mol. The molecule has 8 nitrogen and oxygen atoms in total. The van der Waals surface area contributed by atoms with E-state index in [1.807, 2.05) is 24.3 Å². The third-order valence-corrected chi connectivity index (χ3v) is 5.76. The number of methoxy groups -OCH3 is 2. The number of thiocarbonyl (C=S) groups is 1. The first-order chi connectivity index (χ1) is 15.4. The molecule has 0 spiro atoms. The number of ether oxygens (including phenoxy) is 2. The summed E-state index contributed by atoms with van der Waals surface area (Å²) in [5.41, 5.74) is 1.80. The molecule has 0 aliphatic carbocycles. The Morgan fingerprint density at radius 1 is 1.12 bits per heavy atom. The highest BCUT2D eigenvalue weighted by molar-refractivity contribution is 7.80. The minimum absolute atomic E-state index is 0.0159. The Morgan fingerprint density at radius 2 is 1.78 bits per heavy atom. The topological polar surface area (TPSA) is 88.2 Å². The number of amides is 2. The van der Waals surface area contributed by atoms with Gasteiger partial charge in [0.25, 0.3) is 5.91 Å². The van der Waals surface area contributed by atoms with Gasteiger partial charge in [-0.05, 0) is 60.6 Å². The molecule has 0 aromatic heterocycles. The first-order valence-electron chi connectivity index (χ1n) is 10.1. The molecule has 0 saturated carbocycles. The van der Waals surface area contributed by atoms with E-state index >= 15 is 0 Å². The second kappa shape index (κ2) is 10.2. The lowest BCUT2D eigenvalue weighted by molar-refractivity contribution is -0.122. The van der Waals surface area contributed by atoms with Gasteiger partial charge >= 0.3 is 5.97 Å². The van der Waals surface area contributed by atoms with E-state index in [-0.39, 0.29) is 18.2 Å². The molecule has 1 heterocycles. The van der Waals surface area contributed by atoms with Crippen LogP contribution in [0.25, 0.3) is 0 Å². The Labute approximate surface area is 192 Å². The molecule has 1 aliphatic rings. The number of nitrogens with zero attached hydrogens (tertiary/aromatic N) is 2. The molecule has 2 aromatic rings. The minimum atomic E-state index is -0.707. The van der Waals surface area contributed by atoms with E-state index in [1.165, 1.54) is 19.2 Å². The SMILES string of the molecule is CNC(=S)N(CCc1ccc(OC)cc1)C1CC(=O)N(c2ccc(C(=O)OC)cc2)C1=O. The van der Waals surface area contributed by atoms with Gasteiger partial charge in [0.05, 0.1) is 31.9 Å². The third-order valence-electron chi connectivity index (χ3n) is 5.32. The third kappa shape index (κ3) is 4.88. The van der Waals surface area contributed by atoms with Gasteiger partial charge in [-0.3, -0.25) is 9.59 Å². The number of anilines is 1. The zero-order chi connectivity index (χ0) is 23.3. The van der Waals surface area contributed by atoms with E-state index in [1.54, 1.807) is 31.2 Å². The van der Waals surface area contributed by atoms with Gasteiger partial charge < -0.3 is 19.7 Å². The van der Waals surface area contributed by atoms with E-state index in [2.05, 4.69) is 10.1 Å². The van der Waals surface area contributed by atoms with Crippen LogP contribution in [-0.2, 0) is 20.7 Å². The van der Waals surface area contributed by atoms with Crippen LogP contribution >= 0.6 is 12.2 Å². The van der Waals surface area contributed by atoms with Crippen LogP contribution in [0.15, 0.2) is 48.5 Å². The number of imide groups is 1. The second-order valence-corrected chi connectivity index (χ2v) is 7.56. The van der Waals surface area contributed by atoms with Gasteiger partial charge in [0.2, 0.25) is 5.91 Å². The van der Waals surface area contributed by atoms with Gasteiger partial charge in [-0.25, -0.2) is 9.69 Å². The molecule has 1 saturated heterocycles. The zero-order valence-electron chi connectivity index (χ0n) is 18.2. The molecule has 1 unspecified atom stereocenters. The van der Waals surface area contributed by atoms with Gasteiger partial charge in [0, 0.05) is 13.6 Å². The molecule has 9 heteroatoms. The minimum Gasteiger partial charge on any atom is -0.497 e. The molecule has 2 amide bonds. The molecule has 1 aliphatic heterocycles. The lowest BCUT2D eigenvalue weighted by Crippen LogP contribution is -2.49. The zero-order valence-corrected chi connectivity index (χ0v) is 19.0.